The number of nitrogens with zero attached hydrogens (tertiary/aromatic N) is 1. The van der Waals surface area contributed by atoms with E-state index in [1.807, 2.05) is 13.8 Å². The monoisotopic (exact) mass is 335 g/mol. The van der Waals surface area contributed by atoms with E-state index >= 15 is 0 Å². The first-order chi connectivity index (χ1) is 10.9. The van der Waals surface area contributed by atoms with Crippen molar-refractivity contribution in [2.75, 3.05) is 4.31 Å². The highest BCUT2D eigenvalue weighted by molar-refractivity contribution is 7.92. The van der Waals surface area contributed by atoms with E-state index in [1.165, 1.54) is 40.7 Å². The third kappa shape index (κ3) is 3.59. The van der Waals surface area contributed by atoms with Crippen molar-refractivity contribution < 1.29 is 18.6 Å². The van der Waals surface area contributed by atoms with Gasteiger partial charge in [-0.25, -0.2) is 8.42 Å². The van der Waals surface area contributed by atoms with Crippen molar-refractivity contribution in [2.24, 2.45) is 0 Å². The Kier molecular flexibility index (Phi) is 5.15. The number of hydrogen-bond donors (Lipinski definition) is 2. The van der Waals surface area contributed by atoms with Crippen LogP contribution in [0.4, 0.5) is 5.69 Å². The van der Waals surface area contributed by atoms with Gasteiger partial charge in [-0.05, 0) is 61.4 Å². The van der Waals surface area contributed by atoms with Gasteiger partial charge in [0.05, 0.1) is 10.6 Å². The summed E-state index contributed by atoms with van der Waals surface area (Å²) in [6, 6.07) is 11.4. The maximum absolute atomic E-state index is 13.1. The molecule has 2 aromatic carbocycles. The lowest BCUT2D eigenvalue weighted by Gasteiger charge is -2.31. The predicted octanol–water partition coefficient (Wildman–Crippen LogP) is 3.48. The molecule has 2 aromatic rings. The molecule has 0 amide bonds. The molecule has 5 nitrogen and oxygen atoms in total. The molecular weight excluding hydrogens is 314 g/mol. The minimum atomic E-state index is -3.77. The topological polar surface area (TPSA) is 77.8 Å². The van der Waals surface area contributed by atoms with Crippen molar-refractivity contribution in [1.29, 1.82) is 0 Å². The Morgan fingerprint density at radius 1 is 0.870 bits per heavy atom. The summed E-state index contributed by atoms with van der Waals surface area (Å²) < 4.78 is 27.5. The number of aromatic hydroxyl groups is 2. The standard InChI is InChI=1S/C17H21NO4S/c1-3-13(4-2)18(14-5-7-15(19)8-6-14)23(21,22)17-11-9-16(20)10-12-17/h5-13,19-20H,3-4H2,1-2H3. The average Bonchev–Trinajstić information content (AvgIpc) is 2.54. The summed E-state index contributed by atoms with van der Waals surface area (Å²) in [7, 11) is -3.77. The fourth-order valence-electron chi connectivity index (χ4n) is 2.50. The maximum Gasteiger partial charge on any atom is 0.264 e. The minimum Gasteiger partial charge on any atom is -0.508 e. The van der Waals surface area contributed by atoms with Crippen LogP contribution < -0.4 is 4.31 Å². The second-order valence-electron chi connectivity index (χ2n) is 5.28. The van der Waals surface area contributed by atoms with Crippen molar-refractivity contribution in [2.45, 2.75) is 37.6 Å². The van der Waals surface area contributed by atoms with E-state index in [0.717, 1.165) is 0 Å². The Balaban J connectivity index is 2.56. The molecule has 0 spiro atoms. The van der Waals surface area contributed by atoms with Gasteiger partial charge in [0, 0.05) is 6.04 Å². The second-order valence-corrected chi connectivity index (χ2v) is 7.10. The number of rotatable bonds is 6. The maximum atomic E-state index is 13.1. The van der Waals surface area contributed by atoms with Crippen LogP contribution >= 0.6 is 0 Å². The van der Waals surface area contributed by atoms with E-state index in [4.69, 9.17) is 0 Å². The van der Waals surface area contributed by atoms with Crippen LogP contribution in [0.1, 0.15) is 26.7 Å². The summed E-state index contributed by atoms with van der Waals surface area (Å²) in [4.78, 5) is 0.121. The predicted molar refractivity (Wildman–Crippen MR) is 90.2 cm³/mol. The molecule has 6 heteroatoms. The molecule has 0 saturated carbocycles. The molecule has 0 aromatic heterocycles. The van der Waals surface area contributed by atoms with E-state index in [9.17, 15) is 18.6 Å². The van der Waals surface area contributed by atoms with Crippen LogP contribution in [-0.2, 0) is 10.0 Å². The molecule has 0 aliphatic carbocycles. The summed E-state index contributed by atoms with van der Waals surface area (Å²) >= 11 is 0. The number of phenols is 2. The first-order valence-corrected chi connectivity index (χ1v) is 8.96. The van der Waals surface area contributed by atoms with Crippen LogP contribution in [0.3, 0.4) is 0 Å². The van der Waals surface area contributed by atoms with Gasteiger partial charge in [-0.3, -0.25) is 4.31 Å². The first-order valence-electron chi connectivity index (χ1n) is 7.52. The summed E-state index contributed by atoms with van der Waals surface area (Å²) in [5.41, 5.74) is 0.504. The highest BCUT2D eigenvalue weighted by Crippen LogP contribution is 2.30. The molecule has 0 aliphatic rings. The molecule has 0 atom stereocenters. The van der Waals surface area contributed by atoms with E-state index < -0.39 is 10.0 Å². The largest absolute Gasteiger partial charge is 0.508 e. The molecule has 0 heterocycles. The third-order valence-electron chi connectivity index (χ3n) is 3.77. The summed E-state index contributed by atoms with van der Waals surface area (Å²) in [6.07, 6.45) is 1.32. The molecule has 0 aliphatic heterocycles. The minimum absolute atomic E-state index is 0.0164. The number of sulfonamides is 1. The van der Waals surface area contributed by atoms with Crippen molar-refractivity contribution in [3.8, 4) is 11.5 Å². The SMILES string of the molecule is CCC(CC)N(c1ccc(O)cc1)S(=O)(=O)c1ccc(O)cc1. The van der Waals surface area contributed by atoms with Gasteiger partial charge in [-0.1, -0.05) is 13.8 Å². The van der Waals surface area contributed by atoms with Gasteiger partial charge >= 0.3 is 0 Å². The number of benzene rings is 2. The molecule has 2 rings (SSSR count). The average molecular weight is 335 g/mol. The lowest BCUT2D eigenvalue weighted by molar-refractivity contribution is 0.474. The molecular formula is C17H21NO4S. The molecule has 2 N–H and O–H groups in total. The lowest BCUT2D eigenvalue weighted by atomic mass is 10.1. The van der Waals surface area contributed by atoms with E-state index in [2.05, 4.69) is 0 Å². The fourth-order valence-corrected chi connectivity index (χ4v) is 4.29. The van der Waals surface area contributed by atoms with Gasteiger partial charge in [-0.2, -0.15) is 0 Å². The van der Waals surface area contributed by atoms with Crippen molar-refractivity contribution in [3.63, 3.8) is 0 Å². The van der Waals surface area contributed by atoms with Crippen molar-refractivity contribution in [1.82, 2.24) is 0 Å². The lowest BCUT2D eigenvalue weighted by Crippen LogP contribution is -2.39. The summed E-state index contributed by atoms with van der Waals surface area (Å²) in [5.74, 6) is 0.0999. The molecule has 23 heavy (non-hydrogen) atoms. The first kappa shape index (κ1) is 17.1. The van der Waals surface area contributed by atoms with Gasteiger partial charge in [0.1, 0.15) is 11.5 Å². The van der Waals surface area contributed by atoms with Crippen LogP contribution in [0, 0.1) is 0 Å². The zero-order chi connectivity index (χ0) is 17.0. The highest BCUT2D eigenvalue weighted by Gasteiger charge is 2.30. The Hall–Kier alpha value is -2.21. The molecule has 0 saturated heterocycles. The normalized spacial score (nSPS) is 11.6. The zero-order valence-corrected chi connectivity index (χ0v) is 14.0. The van der Waals surface area contributed by atoms with E-state index in [0.29, 0.717) is 18.5 Å². The van der Waals surface area contributed by atoms with E-state index in [-0.39, 0.29) is 22.4 Å². The van der Waals surface area contributed by atoms with E-state index in [1.54, 1.807) is 12.1 Å². The molecule has 0 bridgehead atoms. The third-order valence-corrected chi connectivity index (χ3v) is 5.67. The number of anilines is 1. The van der Waals surface area contributed by atoms with Gasteiger partial charge in [0.2, 0.25) is 0 Å². The quantitative estimate of drug-likeness (QED) is 0.847. The highest BCUT2D eigenvalue weighted by atomic mass is 32.2. The van der Waals surface area contributed by atoms with Gasteiger partial charge < -0.3 is 10.2 Å². The Morgan fingerprint density at radius 2 is 1.30 bits per heavy atom. The summed E-state index contributed by atoms with van der Waals surface area (Å²) in [5, 5.41) is 18.8. The van der Waals surface area contributed by atoms with Crippen LogP contribution in [0.15, 0.2) is 53.4 Å². The second kappa shape index (κ2) is 6.91. The van der Waals surface area contributed by atoms with Crippen LogP contribution in [0.25, 0.3) is 0 Å². The molecule has 0 radical (unpaired) electrons. The van der Waals surface area contributed by atoms with Gasteiger partial charge in [0.15, 0.2) is 0 Å². The smallest absolute Gasteiger partial charge is 0.264 e. The Morgan fingerprint density at radius 3 is 1.74 bits per heavy atom. The van der Waals surface area contributed by atoms with Gasteiger partial charge in [-0.15, -0.1) is 0 Å². The zero-order valence-electron chi connectivity index (χ0n) is 13.2. The Bertz CT molecular complexity index is 735. The number of phenolic OH excluding ortho intramolecular Hbond substituents is 2. The van der Waals surface area contributed by atoms with Gasteiger partial charge in [0.25, 0.3) is 10.0 Å². The van der Waals surface area contributed by atoms with Crippen molar-refractivity contribution in [3.05, 3.63) is 48.5 Å². The molecule has 124 valence electrons. The Labute approximate surface area is 136 Å². The molecule has 0 unspecified atom stereocenters. The van der Waals surface area contributed by atoms with Crippen LogP contribution in [-0.4, -0.2) is 24.7 Å². The fraction of sp³-hybridized carbons (Fsp3) is 0.294. The van der Waals surface area contributed by atoms with Crippen LogP contribution in [0.5, 0.6) is 11.5 Å². The molecule has 0 fully saturated rings. The number of hydrogen-bond acceptors (Lipinski definition) is 4. The summed E-state index contributed by atoms with van der Waals surface area (Å²) in [6.45, 7) is 3.88. The van der Waals surface area contributed by atoms with Crippen molar-refractivity contribution >= 4 is 15.7 Å². The van der Waals surface area contributed by atoms with Crippen LogP contribution in [0.2, 0.25) is 0 Å².